The van der Waals surface area contributed by atoms with Crippen LogP contribution in [0, 0.1) is 6.92 Å². The van der Waals surface area contributed by atoms with Gasteiger partial charge in [-0.05, 0) is 35.0 Å². The Morgan fingerprint density at radius 1 is 1.26 bits per heavy atom. The molecule has 9 heteroatoms. The Balaban J connectivity index is 1.87. The molecule has 2 heterocycles. The van der Waals surface area contributed by atoms with E-state index in [-0.39, 0.29) is 5.82 Å². The predicted molar refractivity (Wildman–Crippen MR) is 88.8 cm³/mol. The fraction of sp³-hybridized carbons (Fsp3) is 0.0714. The maximum Gasteiger partial charge on any atom is 0.296 e. The van der Waals surface area contributed by atoms with E-state index in [0.29, 0.717) is 27.0 Å². The summed E-state index contributed by atoms with van der Waals surface area (Å²) >= 11 is 9.33. The van der Waals surface area contributed by atoms with Gasteiger partial charge in [0.15, 0.2) is 5.82 Å². The van der Waals surface area contributed by atoms with Gasteiger partial charge in [-0.3, -0.25) is 4.79 Å². The van der Waals surface area contributed by atoms with Crippen molar-refractivity contribution in [2.45, 2.75) is 6.92 Å². The van der Waals surface area contributed by atoms with Gasteiger partial charge in [0.05, 0.1) is 23.1 Å². The van der Waals surface area contributed by atoms with Gasteiger partial charge in [-0.25, -0.2) is 19.6 Å². The van der Waals surface area contributed by atoms with Crippen LogP contribution < -0.4 is 5.32 Å². The molecule has 1 N–H and O–H groups in total. The molecule has 0 radical (unpaired) electrons. The average Bonchev–Trinajstić information content (AvgIpc) is 2.92. The van der Waals surface area contributed by atoms with Crippen molar-refractivity contribution in [1.82, 2.24) is 24.7 Å². The number of para-hydroxylation sites is 1. The molecule has 7 nitrogen and oxygen atoms in total. The number of aromatic nitrogens is 5. The number of hydrogen-bond acceptors (Lipinski definition) is 5. The number of halogens is 2. The first kappa shape index (κ1) is 15.6. The summed E-state index contributed by atoms with van der Waals surface area (Å²) in [6.07, 6.45) is 2.91. The third-order valence-corrected chi connectivity index (χ3v) is 3.64. The van der Waals surface area contributed by atoms with E-state index in [1.54, 1.807) is 19.1 Å². The third-order valence-electron chi connectivity index (χ3n) is 2.91. The van der Waals surface area contributed by atoms with Gasteiger partial charge in [-0.2, -0.15) is 0 Å². The molecule has 3 rings (SSSR count). The zero-order valence-corrected chi connectivity index (χ0v) is 14.2. The summed E-state index contributed by atoms with van der Waals surface area (Å²) < 4.78 is 2.09. The van der Waals surface area contributed by atoms with Crippen LogP contribution in [0.5, 0.6) is 0 Å². The molecular formula is C14H10BrClN6O. The minimum Gasteiger partial charge on any atom is -0.302 e. The Bertz CT molecular complexity index is 864. The maximum absolute atomic E-state index is 12.2. The molecule has 2 aromatic heterocycles. The van der Waals surface area contributed by atoms with Gasteiger partial charge < -0.3 is 5.32 Å². The van der Waals surface area contributed by atoms with Crippen molar-refractivity contribution in [2.24, 2.45) is 0 Å². The number of rotatable bonds is 3. The summed E-state index contributed by atoms with van der Waals surface area (Å²) in [5.74, 6) is 0.401. The minimum atomic E-state index is -0.476. The van der Waals surface area contributed by atoms with Gasteiger partial charge in [-0.1, -0.05) is 23.7 Å². The second-order valence-electron chi connectivity index (χ2n) is 4.52. The molecule has 0 spiro atoms. The Morgan fingerprint density at radius 3 is 2.74 bits per heavy atom. The van der Waals surface area contributed by atoms with Crippen LogP contribution in [0.1, 0.15) is 16.4 Å². The average molecular weight is 394 g/mol. The number of amides is 1. The number of nitrogens with zero attached hydrogens (tertiary/aromatic N) is 5. The number of benzene rings is 1. The highest BCUT2D eigenvalue weighted by Gasteiger charge is 2.17. The molecule has 0 atom stereocenters. The minimum absolute atomic E-state index is 0.0205. The Kier molecular flexibility index (Phi) is 4.35. The van der Waals surface area contributed by atoms with Crippen molar-refractivity contribution in [3.63, 3.8) is 0 Å². The molecule has 23 heavy (non-hydrogen) atoms. The molecule has 0 aliphatic carbocycles. The lowest BCUT2D eigenvalue weighted by Gasteiger charge is -2.04. The first-order valence-electron chi connectivity index (χ1n) is 6.52. The van der Waals surface area contributed by atoms with Crippen LogP contribution in [0.25, 0.3) is 5.69 Å². The molecule has 1 aromatic carbocycles. The quantitative estimate of drug-likeness (QED) is 0.739. The highest BCUT2D eigenvalue weighted by atomic mass is 79.9. The zero-order chi connectivity index (χ0) is 16.4. The summed E-state index contributed by atoms with van der Waals surface area (Å²) in [5, 5.41) is 7.31. The van der Waals surface area contributed by atoms with Crippen LogP contribution in [0.4, 0.5) is 5.82 Å². The summed E-state index contributed by atoms with van der Waals surface area (Å²) in [6.45, 7) is 1.74. The van der Waals surface area contributed by atoms with Gasteiger partial charge in [0.1, 0.15) is 10.4 Å². The van der Waals surface area contributed by atoms with Gasteiger partial charge in [0, 0.05) is 0 Å². The summed E-state index contributed by atoms with van der Waals surface area (Å²) in [5.41, 5.74) is 0.654. The molecule has 1 amide bonds. The second-order valence-corrected chi connectivity index (χ2v) is 5.74. The summed E-state index contributed by atoms with van der Waals surface area (Å²) in [6, 6.07) is 7.19. The van der Waals surface area contributed by atoms with Crippen molar-refractivity contribution in [3.05, 3.63) is 57.9 Å². The fourth-order valence-corrected chi connectivity index (χ4v) is 2.31. The molecule has 0 aliphatic heterocycles. The van der Waals surface area contributed by atoms with Crippen molar-refractivity contribution in [2.75, 3.05) is 5.32 Å². The molecule has 116 valence electrons. The molecule has 3 aromatic rings. The molecular weight excluding hydrogens is 384 g/mol. The van der Waals surface area contributed by atoms with Crippen molar-refractivity contribution >= 4 is 39.3 Å². The summed E-state index contributed by atoms with van der Waals surface area (Å²) in [4.78, 5) is 24.4. The van der Waals surface area contributed by atoms with Crippen LogP contribution in [-0.4, -0.2) is 30.6 Å². The molecule has 0 fully saturated rings. The second kappa shape index (κ2) is 6.43. The zero-order valence-electron chi connectivity index (χ0n) is 11.9. The SMILES string of the molecule is Cc1nc(C(=O)Nc2cnc(Br)cn2)nn1-c1ccccc1Cl. The van der Waals surface area contributed by atoms with E-state index >= 15 is 0 Å². The fourth-order valence-electron chi connectivity index (χ4n) is 1.89. The molecule has 0 saturated carbocycles. The number of aryl methyl sites for hydroxylation is 1. The number of nitrogens with one attached hydrogen (secondary N) is 1. The van der Waals surface area contributed by atoms with Crippen molar-refractivity contribution < 1.29 is 4.79 Å². The van der Waals surface area contributed by atoms with Gasteiger partial charge in [0.2, 0.25) is 5.82 Å². The number of hydrogen-bond donors (Lipinski definition) is 1. The van der Waals surface area contributed by atoms with E-state index in [1.165, 1.54) is 17.1 Å². The monoisotopic (exact) mass is 392 g/mol. The van der Waals surface area contributed by atoms with Gasteiger partial charge >= 0.3 is 0 Å². The number of anilines is 1. The first-order chi connectivity index (χ1) is 11.0. The van der Waals surface area contributed by atoms with Crippen LogP contribution in [0.2, 0.25) is 5.02 Å². The predicted octanol–water partition coefficient (Wildman–Crippen LogP) is 3.03. The topological polar surface area (TPSA) is 85.6 Å². The highest BCUT2D eigenvalue weighted by molar-refractivity contribution is 9.10. The van der Waals surface area contributed by atoms with Crippen molar-refractivity contribution in [3.8, 4) is 5.69 Å². The lowest BCUT2D eigenvalue weighted by molar-refractivity contribution is 0.101. The van der Waals surface area contributed by atoms with Crippen LogP contribution in [-0.2, 0) is 0 Å². The van der Waals surface area contributed by atoms with Crippen molar-refractivity contribution in [1.29, 1.82) is 0 Å². The number of carbonyl (C=O) groups excluding carboxylic acids is 1. The van der Waals surface area contributed by atoms with E-state index in [1.807, 2.05) is 12.1 Å². The van der Waals surface area contributed by atoms with Gasteiger partial charge in [-0.15, -0.1) is 5.10 Å². The van der Waals surface area contributed by atoms with E-state index in [9.17, 15) is 4.79 Å². The van der Waals surface area contributed by atoms with E-state index in [0.717, 1.165) is 0 Å². The van der Waals surface area contributed by atoms with E-state index in [2.05, 4.69) is 41.3 Å². The third kappa shape index (κ3) is 3.38. The highest BCUT2D eigenvalue weighted by Crippen LogP contribution is 2.20. The van der Waals surface area contributed by atoms with Crippen LogP contribution in [0.15, 0.2) is 41.3 Å². The Hall–Kier alpha value is -2.32. The lowest BCUT2D eigenvalue weighted by Crippen LogP contribution is -2.15. The Labute approximate surface area is 144 Å². The largest absolute Gasteiger partial charge is 0.302 e. The standard InChI is InChI=1S/C14H10BrClN6O/c1-8-19-13(14(23)20-12-7-17-11(15)6-18-12)21-22(8)10-5-3-2-4-9(10)16/h2-7H,1H3,(H,18,20,23). The number of carbonyl (C=O) groups is 1. The summed E-state index contributed by atoms with van der Waals surface area (Å²) in [7, 11) is 0. The Morgan fingerprint density at radius 2 is 2.04 bits per heavy atom. The van der Waals surface area contributed by atoms with E-state index in [4.69, 9.17) is 11.6 Å². The first-order valence-corrected chi connectivity index (χ1v) is 7.69. The van der Waals surface area contributed by atoms with Crippen LogP contribution in [0.3, 0.4) is 0 Å². The normalized spacial score (nSPS) is 10.6. The molecule has 0 unspecified atom stereocenters. The van der Waals surface area contributed by atoms with Crippen LogP contribution >= 0.6 is 27.5 Å². The maximum atomic E-state index is 12.2. The molecule has 0 saturated heterocycles. The van der Waals surface area contributed by atoms with E-state index < -0.39 is 5.91 Å². The lowest BCUT2D eigenvalue weighted by atomic mass is 10.3. The van der Waals surface area contributed by atoms with Gasteiger partial charge in [0.25, 0.3) is 5.91 Å². The smallest absolute Gasteiger partial charge is 0.296 e. The molecule has 0 bridgehead atoms. The molecule has 0 aliphatic rings.